The summed E-state index contributed by atoms with van der Waals surface area (Å²) >= 11 is 0. The Kier molecular flexibility index (Phi) is 4.63. The molecule has 0 radical (unpaired) electrons. The van der Waals surface area contributed by atoms with E-state index in [1.807, 2.05) is 31.2 Å². The average Bonchev–Trinajstić information content (AvgIpc) is 2.90. The maximum absolute atomic E-state index is 12.4. The fourth-order valence-electron chi connectivity index (χ4n) is 2.87. The van der Waals surface area contributed by atoms with Gasteiger partial charge in [0.15, 0.2) is 5.76 Å². The van der Waals surface area contributed by atoms with Crippen molar-refractivity contribution < 1.29 is 27.8 Å². The molecule has 0 saturated carbocycles. The fourth-order valence-corrected chi connectivity index (χ4v) is 2.87. The maximum Gasteiger partial charge on any atom is 0.573 e. The second-order valence-electron chi connectivity index (χ2n) is 5.81. The number of aliphatic hydroxyl groups excluding tert-OH is 1. The highest BCUT2D eigenvalue weighted by atomic mass is 19.4. The number of hydrogen-bond donors (Lipinski definition) is 1. The van der Waals surface area contributed by atoms with Crippen molar-refractivity contribution in [2.75, 3.05) is 4.90 Å². The Morgan fingerprint density at radius 2 is 1.85 bits per heavy atom. The SMILES string of the molecule is CCc1cccc(C2C=C(O)C(=O)N2c2ccc(OC(F)(F)F)cc2)c1. The molecule has 0 aliphatic carbocycles. The summed E-state index contributed by atoms with van der Waals surface area (Å²) in [6.45, 7) is 2.00. The van der Waals surface area contributed by atoms with Gasteiger partial charge in [0.25, 0.3) is 5.91 Å². The third-order valence-electron chi connectivity index (χ3n) is 4.08. The summed E-state index contributed by atoms with van der Waals surface area (Å²) in [5.74, 6) is -1.39. The van der Waals surface area contributed by atoms with E-state index in [1.54, 1.807) is 0 Å². The van der Waals surface area contributed by atoms with Gasteiger partial charge in [-0.25, -0.2) is 0 Å². The number of carbonyl (C=O) groups excluding carboxylic acids is 1. The zero-order valence-corrected chi connectivity index (χ0v) is 13.8. The van der Waals surface area contributed by atoms with Gasteiger partial charge < -0.3 is 9.84 Å². The monoisotopic (exact) mass is 363 g/mol. The van der Waals surface area contributed by atoms with Crippen molar-refractivity contribution in [3.63, 3.8) is 0 Å². The van der Waals surface area contributed by atoms with Gasteiger partial charge in [0.2, 0.25) is 0 Å². The molecule has 1 unspecified atom stereocenters. The van der Waals surface area contributed by atoms with Gasteiger partial charge in [0.05, 0.1) is 6.04 Å². The summed E-state index contributed by atoms with van der Waals surface area (Å²) in [4.78, 5) is 13.7. The molecule has 2 aromatic carbocycles. The number of aliphatic hydroxyl groups is 1. The first-order valence-electron chi connectivity index (χ1n) is 7.97. The van der Waals surface area contributed by atoms with E-state index in [-0.39, 0.29) is 5.75 Å². The Balaban J connectivity index is 1.92. The van der Waals surface area contributed by atoms with E-state index in [9.17, 15) is 23.1 Å². The molecule has 26 heavy (non-hydrogen) atoms. The van der Waals surface area contributed by atoms with E-state index < -0.39 is 24.1 Å². The zero-order chi connectivity index (χ0) is 18.9. The predicted molar refractivity (Wildman–Crippen MR) is 89.9 cm³/mol. The Morgan fingerprint density at radius 1 is 1.15 bits per heavy atom. The van der Waals surface area contributed by atoms with Crippen molar-refractivity contribution in [3.8, 4) is 5.75 Å². The van der Waals surface area contributed by atoms with E-state index in [1.165, 1.54) is 23.1 Å². The van der Waals surface area contributed by atoms with E-state index in [0.29, 0.717) is 5.69 Å². The van der Waals surface area contributed by atoms with Crippen molar-refractivity contribution in [3.05, 3.63) is 71.5 Å². The molecule has 1 heterocycles. The van der Waals surface area contributed by atoms with Gasteiger partial charge in [0.1, 0.15) is 5.75 Å². The lowest BCUT2D eigenvalue weighted by Crippen LogP contribution is -2.29. The third kappa shape index (κ3) is 3.66. The number of anilines is 1. The molecular weight excluding hydrogens is 347 g/mol. The van der Waals surface area contributed by atoms with Crippen LogP contribution in [0.3, 0.4) is 0 Å². The number of ether oxygens (including phenoxy) is 1. The Morgan fingerprint density at radius 3 is 2.46 bits per heavy atom. The number of alkyl halides is 3. The number of nitrogens with zero attached hydrogens (tertiary/aromatic N) is 1. The van der Waals surface area contributed by atoms with Crippen LogP contribution in [0, 0.1) is 0 Å². The van der Waals surface area contributed by atoms with Crippen molar-refractivity contribution in [2.24, 2.45) is 0 Å². The highest BCUT2D eigenvalue weighted by Crippen LogP contribution is 2.36. The second-order valence-corrected chi connectivity index (χ2v) is 5.81. The number of benzene rings is 2. The molecule has 1 amide bonds. The summed E-state index contributed by atoms with van der Waals surface area (Å²) in [7, 11) is 0. The molecule has 1 aliphatic heterocycles. The molecule has 1 N–H and O–H groups in total. The molecule has 0 aromatic heterocycles. The largest absolute Gasteiger partial charge is 0.573 e. The lowest BCUT2D eigenvalue weighted by Gasteiger charge is -2.25. The van der Waals surface area contributed by atoms with Crippen LogP contribution < -0.4 is 9.64 Å². The van der Waals surface area contributed by atoms with Crippen LogP contribution in [0.1, 0.15) is 24.1 Å². The van der Waals surface area contributed by atoms with E-state index in [4.69, 9.17) is 0 Å². The predicted octanol–water partition coefficient (Wildman–Crippen LogP) is 4.68. The first kappa shape index (κ1) is 17.8. The van der Waals surface area contributed by atoms with E-state index in [2.05, 4.69) is 4.74 Å². The van der Waals surface area contributed by atoms with Gasteiger partial charge in [-0.15, -0.1) is 13.2 Å². The van der Waals surface area contributed by atoms with Crippen LogP contribution in [-0.2, 0) is 11.2 Å². The lowest BCUT2D eigenvalue weighted by atomic mass is 10.0. The summed E-state index contributed by atoms with van der Waals surface area (Å²) in [5.41, 5.74) is 2.23. The number of carbonyl (C=O) groups is 1. The molecule has 0 saturated heterocycles. The molecule has 1 aliphatic rings. The Labute approximate surface area is 148 Å². The molecule has 2 aromatic rings. The summed E-state index contributed by atoms with van der Waals surface area (Å²) in [6.07, 6.45) is -2.54. The number of hydrogen-bond acceptors (Lipinski definition) is 3. The van der Waals surface area contributed by atoms with Gasteiger partial charge in [-0.1, -0.05) is 31.2 Å². The third-order valence-corrected chi connectivity index (χ3v) is 4.08. The summed E-state index contributed by atoms with van der Waals surface area (Å²) in [5, 5.41) is 9.89. The highest BCUT2D eigenvalue weighted by molar-refractivity contribution is 6.07. The first-order valence-corrected chi connectivity index (χ1v) is 7.97. The van der Waals surface area contributed by atoms with Crippen LogP contribution in [-0.4, -0.2) is 17.4 Å². The molecule has 3 rings (SSSR count). The number of amides is 1. The minimum atomic E-state index is -4.78. The van der Waals surface area contributed by atoms with Crippen LogP contribution in [0.2, 0.25) is 0 Å². The van der Waals surface area contributed by atoms with Crippen molar-refractivity contribution in [1.82, 2.24) is 0 Å². The number of rotatable bonds is 4. The molecule has 7 heteroatoms. The molecule has 0 spiro atoms. The Hall–Kier alpha value is -2.96. The standard InChI is InChI=1S/C19H16F3NO3/c1-2-12-4-3-5-13(10-12)16-11-17(24)18(25)23(16)14-6-8-15(9-7-14)26-19(20,21)22/h3-11,16,24H,2H2,1H3. The van der Waals surface area contributed by atoms with Crippen LogP contribution in [0.25, 0.3) is 0 Å². The minimum absolute atomic E-state index is 0.358. The van der Waals surface area contributed by atoms with Gasteiger partial charge in [-0.3, -0.25) is 9.69 Å². The molecule has 1 atom stereocenters. The van der Waals surface area contributed by atoms with Gasteiger partial charge in [-0.05, 0) is 47.9 Å². The lowest BCUT2D eigenvalue weighted by molar-refractivity contribution is -0.274. The first-order chi connectivity index (χ1) is 12.3. The summed E-state index contributed by atoms with van der Waals surface area (Å²) in [6, 6.07) is 12.0. The normalized spacial score (nSPS) is 17.4. The van der Waals surface area contributed by atoms with Gasteiger partial charge >= 0.3 is 6.36 Å². The molecule has 136 valence electrons. The van der Waals surface area contributed by atoms with Crippen molar-refractivity contribution in [1.29, 1.82) is 0 Å². The number of aryl methyl sites for hydroxylation is 1. The van der Waals surface area contributed by atoms with E-state index in [0.717, 1.165) is 29.7 Å². The van der Waals surface area contributed by atoms with Crippen LogP contribution in [0.5, 0.6) is 5.75 Å². The molecule has 0 fully saturated rings. The second kappa shape index (κ2) is 6.74. The van der Waals surface area contributed by atoms with Crippen LogP contribution in [0.15, 0.2) is 60.4 Å². The zero-order valence-electron chi connectivity index (χ0n) is 13.8. The van der Waals surface area contributed by atoms with Crippen LogP contribution in [0.4, 0.5) is 18.9 Å². The van der Waals surface area contributed by atoms with Gasteiger partial charge in [-0.2, -0.15) is 0 Å². The maximum atomic E-state index is 12.4. The number of halogens is 3. The molecule has 4 nitrogen and oxygen atoms in total. The minimum Gasteiger partial charge on any atom is -0.503 e. The quantitative estimate of drug-likeness (QED) is 0.858. The smallest absolute Gasteiger partial charge is 0.503 e. The molecular formula is C19H16F3NO3. The van der Waals surface area contributed by atoms with Crippen molar-refractivity contribution >= 4 is 11.6 Å². The summed E-state index contributed by atoms with van der Waals surface area (Å²) < 4.78 is 40.7. The molecule has 0 bridgehead atoms. The Bertz CT molecular complexity index is 844. The van der Waals surface area contributed by atoms with E-state index >= 15 is 0 Å². The topological polar surface area (TPSA) is 49.8 Å². The van der Waals surface area contributed by atoms with Gasteiger partial charge in [0, 0.05) is 5.69 Å². The fraction of sp³-hybridized carbons (Fsp3) is 0.211. The average molecular weight is 363 g/mol. The highest BCUT2D eigenvalue weighted by Gasteiger charge is 2.35. The van der Waals surface area contributed by atoms with Crippen LogP contribution >= 0.6 is 0 Å². The van der Waals surface area contributed by atoms with Crippen molar-refractivity contribution in [2.45, 2.75) is 25.7 Å².